The third-order valence-electron chi connectivity index (χ3n) is 7.38. The molecule has 1 unspecified atom stereocenters. The predicted octanol–water partition coefficient (Wildman–Crippen LogP) is 1.88. The minimum Gasteiger partial charge on any atom is -1.00 e. The Labute approximate surface area is 185 Å². The van der Waals surface area contributed by atoms with Crippen LogP contribution in [0.15, 0.2) is 79.5 Å². The molecule has 2 aromatic carbocycles. The standard InChI is InChI=1S/C26H29N2O.ClH/c1-2-20-18-28(17-19-8-4-3-5-9-19)15-13-21(20)16-25(28)26(29)23-12-14-27-24-11-7-6-10-22(23)24;/h2-12,14,20-21,25-26,29H,1,13,15-18H2;1H/q+1;/p-1/t20?,21-,25+,26-,28+;/m0./s1. The van der Waals surface area contributed by atoms with Gasteiger partial charge in [0.2, 0.25) is 0 Å². The van der Waals surface area contributed by atoms with Crippen LogP contribution in [0.2, 0.25) is 0 Å². The summed E-state index contributed by atoms with van der Waals surface area (Å²) in [6.45, 7) is 7.32. The molecule has 1 N–H and O–H groups in total. The van der Waals surface area contributed by atoms with E-state index in [4.69, 9.17) is 0 Å². The van der Waals surface area contributed by atoms with Gasteiger partial charge in [-0.1, -0.05) is 54.6 Å². The van der Waals surface area contributed by atoms with Gasteiger partial charge in [0.25, 0.3) is 0 Å². The van der Waals surface area contributed by atoms with Gasteiger partial charge in [0.1, 0.15) is 18.7 Å². The number of aliphatic hydroxyl groups is 1. The maximum Gasteiger partial charge on any atom is 0.131 e. The normalized spacial score (nSPS) is 28.6. The number of aliphatic hydroxyl groups excluding tert-OH is 1. The van der Waals surface area contributed by atoms with Crippen molar-refractivity contribution in [3.05, 3.63) is 90.6 Å². The summed E-state index contributed by atoms with van der Waals surface area (Å²) >= 11 is 0. The molecule has 0 spiro atoms. The second-order valence-corrected chi connectivity index (χ2v) is 8.88. The van der Waals surface area contributed by atoms with Crippen LogP contribution in [0.3, 0.4) is 0 Å². The quantitative estimate of drug-likeness (QED) is 0.505. The summed E-state index contributed by atoms with van der Waals surface area (Å²) in [5.74, 6) is 1.18. The van der Waals surface area contributed by atoms with Crippen LogP contribution in [-0.2, 0) is 6.54 Å². The highest BCUT2D eigenvalue weighted by molar-refractivity contribution is 5.82. The largest absolute Gasteiger partial charge is 1.00 e. The number of piperidine rings is 3. The SMILES string of the molecule is C=CC1C[N@+]2(Cc3ccccc3)CC[C@H]1C[C@@H]2[C@@H](O)c1ccnc2ccccc12.[Cl-]. The first kappa shape index (κ1) is 21.0. The van der Waals surface area contributed by atoms with Gasteiger partial charge in [0, 0.05) is 35.9 Å². The number of nitrogens with zero attached hydrogens (tertiary/aromatic N) is 2. The van der Waals surface area contributed by atoms with Gasteiger partial charge in [-0.25, -0.2) is 0 Å². The molecule has 4 heterocycles. The van der Waals surface area contributed by atoms with Gasteiger partial charge < -0.3 is 22.0 Å². The Morgan fingerprint density at radius 3 is 2.67 bits per heavy atom. The van der Waals surface area contributed by atoms with Crippen molar-refractivity contribution in [2.45, 2.75) is 31.5 Å². The number of halogens is 1. The molecule has 6 rings (SSSR count). The van der Waals surface area contributed by atoms with E-state index in [1.165, 1.54) is 12.0 Å². The molecule has 3 nitrogen and oxygen atoms in total. The van der Waals surface area contributed by atoms with E-state index >= 15 is 0 Å². The number of fused-ring (bicyclic) bond motifs is 4. The first-order valence-electron chi connectivity index (χ1n) is 10.7. The summed E-state index contributed by atoms with van der Waals surface area (Å²) in [5, 5.41) is 12.8. The van der Waals surface area contributed by atoms with Crippen molar-refractivity contribution in [2.75, 3.05) is 13.1 Å². The Morgan fingerprint density at radius 1 is 1.10 bits per heavy atom. The third-order valence-corrected chi connectivity index (χ3v) is 7.38. The third kappa shape index (κ3) is 3.56. The topological polar surface area (TPSA) is 33.1 Å². The van der Waals surface area contributed by atoms with Crippen LogP contribution < -0.4 is 12.4 Å². The van der Waals surface area contributed by atoms with Crippen LogP contribution in [0.1, 0.15) is 30.1 Å². The second kappa shape index (κ2) is 8.50. The second-order valence-electron chi connectivity index (χ2n) is 8.88. The lowest BCUT2D eigenvalue weighted by Gasteiger charge is -2.58. The number of benzene rings is 2. The molecule has 2 bridgehead atoms. The highest BCUT2D eigenvalue weighted by Crippen LogP contribution is 2.47. The molecule has 0 saturated carbocycles. The number of para-hydroxylation sites is 1. The Balaban J connectivity index is 0.00000218. The van der Waals surface area contributed by atoms with Gasteiger partial charge in [0.05, 0.1) is 18.6 Å². The van der Waals surface area contributed by atoms with Crippen LogP contribution in [0.25, 0.3) is 10.9 Å². The van der Waals surface area contributed by atoms with Crippen molar-refractivity contribution >= 4 is 10.9 Å². The van der Waals surface area contributed by atoms with Crippen LogP contribution in [0.4, 0.5) is 0 Å². The maximum atomic E-state index is 11.7. The van der Waals surface area contributed by atoms with Gasteiger partial charge in [-0.2, -0.15) is 0 Å². The molecule has 0 radical (unpaired) electrons. The molecule has 3 aromatic rings. The smallest absolute Gasteiger partial charge is 0.131 e. The number of hydrogen-bond donors (Lipinski definition) is 1. The molecule has 156 valence electrons. The van der Waals surface area contributed by atoms with E-state index in [-0.39, 0.29) is 18.4 Å². The van der Waals surface area contributed by atoms with E-state index in [0.29, 0.717) is 11.8 Å². The number of rotatable bonds is 5. The summed E-state index contributed by atoms with van der Waals surface area (Å²) in [4.78, 5) is 4.50. The van der Waals surface area contributed by atoms with Crippen molar-refractivity contribution in [1.82, 2.24) is 4.98 Å². The average molecular weight is 421 g/mol. The molecule has 3 fully saturated rings. The molecular formula is C26H29ClN2O. The zero-order chi connectivity index (χ0) is 19.8. The van der Waals surface area contributed by atoms with Gasteiger partial charge >= 0.3 is 0 Å². The average Bonchev–Trinajstić information content (AvgIpc) is 2.78. The molecule has 0 amide bonds. The fraction of sp³-hybridized carbons (Fsp3) is 0.346. The first-order valence-corrected chi connectivity index (χ1v) is 10.7. The Morgan fingerprint density at radius 2 is 1.87 bits per heavy atom. The molecule has 5 atom stereocenters. The molecule has 3 aliphatic rings. The van der Waals surface area contributed by atoms with Crippen molar-refractivity contribution in [1.29, 1.82) is 0 Å². The molecule has 30 heavy (non-hydrogen) atoms. The highest BCUT2D eigenvalue weighted by Gasteiger charge is 2.53. The minimum atomic E-state index is -0.486. The monoisotopic (exact) mass is 420 g/mol. The van der Waals surface area contributed by atoms with E-state index in [1.54, 1.807) is 0 Å². The highest BCUT2D eigenvalue weighted by atomic mass is 35.5. The zero-order valence-corrected chi connectivity index (χ0v) is 18.0. The molecule has 0 aliphatic carbocycles. The molecule has 3 aliphatic heterocycles. The Kier molecular flexibility index (Phi) is 5.97. The Hall–Kier alpha value is -2.20. The zero-order valence-electron chi connectivity index (χ0n) is 17.2. The summed E-state index contributed by atoms with van der Waals surface area (Å²) in [7, 11) is 0. The van der Waals surface area contributed by atoms with E-state index in [1.807, 2.05) is 30.5 Å². The molecule has 1 aromatic heterocycles. The number of aromatic nitrogens is 1. The van der Waals surface area contributed by atoms with Gasteiger partial charge in [-0.3, -0.25) is 4.98 Å². The first-order chi connectivity index (χ1) is 14.2. The van der Waals surface area contributed by atoms with Crippen LogP contribution in [0, 0.1) is 11.8 Å². The summed E-state index contributed by atoms with van der Waals surface area (Å²) in [6, 6.07) is 21.2. The van der Waals surface area contributed by atoms with E-state index < -0.39 is 6.10 Å². The summed E-state index contributed by atoms with van der Waals surface area (Å²) in [6.07, 6.45) is 5.79. The van der Waals surface area contributed by atoms with Crippen molar-refractivity contribution < 1.29 is 22.0 Å². The molecule has 4 heteroatoms. The fourth-order valence-electron chi connectivity index (χ4n) is 5.91. The predicted molar refractivity (Wildman–Crippen MR) is 117 cm³/mol. The van der Waals surface area contributed by atoms with E-state index in [2.05, 4.69) is 54.0 Å². The van der Waals surface area contributed by atoms with E-state index in [0.717, 1.165) is 47.0 Å². The molecule has 3 saturated heterocycles. The van der Waals surface area contributed by atoms with Crippen molar-refractivity contribution in [3.63, 3.8) is 0 Å². The van der Waals surface area contributed by atoms with Crippen LogP contribution in [0.5, 0.6) is 0 Å². The number of hydrogen-bond acceptors (Lipinski definition) is 2. The van der Waals surface area contributed by atoms with Gasteiger partial charge in [-0.15, -0.1) is 6.58 Å². The lowest BCUT2D eigenvalue weighted by atomic mass is 9.71. The summed E-state index contributed by atoms with van der Waals surface area (Å²) in [5.41, 5.74) is 3.33. The molecular weight excluding hydrogens is 392 g/mol. The minimum absolute atomic E-state index is 0. The maximum absolute atomic E-state index is 11.7. The lowest BCUT2D eigenvalue weighted by Crippen LogP contribution is -3.00. The van der Waals surface area contributed by atoms with E-state index in [9.17, 15) is 5.11 Å². The Bertz CT molecular complexity index is 1020. The lowest BCUT2D eigenvalue weighted by molar-refractivity contribution is -0.984. The summed E-state index contributed by atoms with van der Waals surface area (Å²) < 4.78 is 0.953. The van der Waals surface area contributed by atoms with Crippen LogP contribution >= 0.6 is 0 Å². The van der Waals surface area contributed by atoms with Gasteiger partial charge in [-0.05, 0) is 23.6 Å². The fourth-order valence-corrected chi connectivity index (χ4v) is 5.91. The number of quaternary nitrogens is 1. The van der Waals surface area contributed by atoms with Crippen molar-refractivity contribution in [3.8, 4) is 0 Å². The number of pyridine rings is 1. The van der Waals surface area contributed by atoms with Gasteiger partial charge in [0.15, 0.2) is 0 Å². The van der Waals surface area contributed by atoms with Crippen molar-refractivity contribution in [2.24, 2.45) is 11.8 Å². The van der Waals surface area contributed by atoms with Crippen LogP contribution in [-0.4, -0.2) is 33.7 Å².